The van der Waals surface area contributed by atoms with Crippen LogP contribution in [0.25, 0.3) is 0 Å². The topological polar surface area (TPSA) is 105 Å². The van der Waals surface area contributed by atoms with E-state index in [4.69, 9.17) is 9.47 Å². The molecule has 9 heteroatoms. The van der Waals surface area contributed by atoms with Gasteiger partial charge in [0.05, 0.1) is 6.54 Å². The Labute approximate surface area is 178 Å². The number of hydrogen-bond acceptors (Lipinski definition) is 6. The van der Waals surface area contributed by atoms with Gasteiger partial charge in [-0.1, -0.05) is 12.8 Å². The predicted molar refractivity (Wildman–Crippen MR) is 112 cm³/mol. The molecule has 1 N–H and O–H groups in total. The maximum atomic E-state index is 12.0. The molecule has 3 amide bonds. The number of aldehydes is 1. The number of alkyl carbamates (subject to hydrolysis) is 1. The van der Waals surface area contributed by atoms with Crippen molar-refractivity contribution in [3.63, 3.8) is 0 Å². The molecule has 1 unspecified atom stereocenters. The van der Waals surface area contributed by atoms with Crippen LogP contribution in [0.4, 0.5) is 9.59 Å². The summed E-state index contributed by atoms with van der Waals surface area (Å²) in [6, 6.07) is 0. The van der Waals surface area contributed by atoms with Crippen molar-refractivity contribution >= 4 is 24.4 Å². The van der Waals surface area contributed by atoms with Crippen LogP contribution in [0.15, 0.2) is 12.2 Å². The Hall–Kier alpha value is -2.58. The summed E-state index contributed by atoms with van der Waals surface area (Å²) in [6.45, 7) is 7.42. The molecule has 170 valence electrons. The molecule has 9 nitrogen and oxygen atoms in total. The number of likely N-dealkylation sites (tertiary alicyclic amines) is 1. The molecule has 1 aliphatic heterocycles. The van der Waals surface area contributed by atoms with E-state index in [9.17, 15) is 19.2 Å². The van der Waals surface area contributed by atoms with Gasteiger partial charge in [0.15, 0.2) is 0 Å². The van der Waals surface area contributed by atoms with Crippen LogP contribution in [0, 0.1) is 0 Å². The Bertz CT molecular complexity index is 614. The molecule has 0 aromatic heterocycles. The van der Waals surface area contributed by atoms with Crippen molar-refractivity contribution in [2.24, 2.45) is 0 Å². The zero-order valence-electron chi connectivity index (χ0n) is 18.5. The molecule has 0 aliphatic carbocycles. The number of allylic oxidation sites excluding steroid dienone is 1. The minimum atomic E-state index is -0.550. The lowest BCUT2D eigenvalue weighted by atomic mass is 10.2. The smallest absolute Gasteiger partial charge is 0.410 e. The predicted octanol–water partition coefficient (Wildman–Crippen LogP) is 2.50. The van der Waals surface area contributed by atoms with Crippen LogP contribution >= 0.6 is 0 Å². The number of ether oxygens (including phenoxy) is 2. The molecule has 0 saturated carbocycles. The van der Waals surface area contributed by atoms with E-state index >= 15 is 0 Å². The lowest BCUT2D eigenvalue weighted by molar-refractivity contribution is -0.125. The maximum absolute atomic E-state index is 12.0. The molecule has 0 aromatic rings. The molecule has 0 bridgehead atoms. The Morgan fingerprint density at radius 2 is 1.87 bits per heavy atom. The van der Waals surface area contributed by atoms with Crippen LogP contribution in [0.3, 0.4) is 0 Å². The summed E-state index contributed by atoms with van der Waals surface area (Å²) < 4.78 is 10.7. The van der Waals surface area contributed by atoms with Crippen LogP contribution < -0.4 is 5.32 Å². The van der Waals surface area contributed by atoms with Crippen LogP contribution in [-0.2, 0) is 19.1 Å². The van der Waals surface area contributed by atoms with E-state index in [0.29, 0.717) is 38.9 Å². The van der Waals surface area contributed by atoms with E-state index in [2.05, 4.69) is 5.32 Å². The second-order valence-electron chi connectivity index (χ2n) is 8.34. The monoisotopic (exact) mass is 425 g/mol. The van der Waals surface area contributed by atoms with E-state index in [-0.39, 0.29) is 18.1 Å². The molecule has 1 rings (SSSR count). The second-order valence-corrected chi connectivity index (χ2v) is 8.34. The molecule has 1 atom stereocenters. The molecule has 1 heterocycles. The first kappa shape index (κ1) is 25.5. The number of nitrogens with zero attached hydrogens (tertiary/aromatic N) is 2. The molecule has 1 saturated heterocycles. The fourth-order valence-corrected chi connectivity index (χ4v) is 2.89. The number of nitrogens with one attached hydrogen (secondary N) is 1. The largest absolute Gasteiger partial charge is 0.444 e. The quantitative estimate of drug-likeness (QED) is 0.328. The molecule has 0 radical (unpaired) electrons. The third-order valence-electron chi connectivity index (χ3n) is 4.45. The number of rotatable bonds is 10. The number of amides is 3. The van der Waals surface area contributed by atoms with Crippen molar-refractivity contribution in [2.75, 3.05) is 33.2 Å². The van der Waals surface area contributed by atoms with E-state index in [0.717, 1.165) is 25.7 Å². The Kier molecular flexibility index (Phi) is 10.9. The SMILES string of the molecule is CN(CCCCCCNC(=O)OC1CCN(C(=O)OC(C)(C)C)C1)C(=O)/C=C\C=O. The first-order valence-corrected chi connectivity index (χ1v) is 10.4. The molecular weight excluding hydrogens is 390 g/mol. The fraction of sp³-hybridized carbons (Fsp3) is 0.714. The van der Waals surface area contributed by atoms with Crippen LogP contribution in [0.2, 0.25) is 0 Å². The number of carbonyl (C=O) groups excluding carboxylic acids is 4. The van der Waals surface area contributed by atoms with Gasteiger partial charge in [-0.2, -0.15) is 0 Å². The standard InChI is InChI=1S/C21H35N3O6/c1-21(2,3)30-20(28)24-14-11-17(16-24)29-19(27)22-12-7-5-6-8-13-23(4)18(26)10-9-15-25/h9-10,15,17H,5-8,11-14,16H2,1-4H3,(H,22,27)/b10-9-. The van der Waals surface area contributed by atoms with Gasteiger partial charge >= 0.3 is 12.2 Å². The van der Waals surface area contributed by atoms with Crippen molar-refractivity contribution in [3.05, 3.63) is 12.2 Å². The van der Waals surface area contributed by atoms with Gasteiger partial charge in [-0.3, -0.25) is 9.59 Å². The van der Waals surface area contributed by atoms with Crippen LogP contribution in [-0.4, -0.2) is 79.1 Å². The molecule has 30 heavy (non-hydrogen) atoms. The summed E-state index contributed by atoms with van der Waals surface area (Å²) in [6.07, 6.45) is 5.94. The van der Waals surface area contributed by atoms with Gasteiger partial charge in [-0.15, -0.1) is 0 Å². The van der Waals surface area contributed by atoms with Gasteiger partial charge in [-0.25, -0.2) is 9.59 Å². The van der Waals surface area contributed by atoms with Gasteiger partial charge in [0.2, 0.25) is 5.91 Å². The van der Waals surface area contributed by atoms with E-state index in [1.165, 1.54) is 12.2 Å². The highest BCUT2D eigenvalue weighted by atomic mass is 16.6. The average Bonchev–Trinajstić information content (AvgIpc) is 3.12. The van der Waals surface area contributed by atoms with E-state index in [1.807, 2.05) is 20.8 Å². The highest BCUT2D eigenvalue weighted by Gasteiger charge is 2.31. The lowest BCUT2D eigenvalue weighted by Crippen LogP contribution is -2.37. The average molecular weight is 426 g/mol. The van der Waals surface area contributed by atoms with Gasteiger partial charge in [-0.05, 0) is 39.7 Å². The number of likely N-dealkylation sites (N-methyl/N-ethyl adjacent to an activating group) is 1. The van der Waals surface area contributed by atoms with Crippen molar-refractivity contribution in [1.29, 1.82) is 0 Å². The van der Waals surface area contributed by atoms with Crippen LogP contribution in [0.1, 0.15) is 52.9 Å². The summed E-state index contributed by atoms with van der Waals surface area (Å²) in [7, 11) is 1.70. The Balaban J connectivity index is 2.09. The van der Waals surface area contributed by atoms with Crippen molar-refractivity contribution in [2.45, 2.75) is 64.6 Å². The first-order chi connectivity index (χ1) is 14.1. The second kappa shape index (κ2) is 12.9. The summed E-state index contributed by atoms with van der Waals surface area (Å²) in [5.74, 6) is -0.191. The number of carbonyl (C=O) groups is 4. The minimum absolute atomic E-state index is 0.191. The molecular formula is C21H35N3O6. The van der Waals surface area contributed by atoms with Crippen molar-refractivity contribution < 1.29 is 28.7 Å². The third-order valence-corrected chi connectivity index (χ3v) is 4.45. The maximum Gasteiger partial charge on any atom is 0.410 e. The lowest BCUT2D eigenvalue weighted by Gasteiger charge is -2.24. The van der Waals surface area contributed by atoms with Crippen LogP contribution in [0.5, 0.6) is 0 Å². The van der Waals surface area contributed by atoms with Gasteiger partial charge < -0.3 is 24.6 Å². The highest BCUT2D eigenvalue weighted by molar-refractivity contribution is 5.90. The summed E-state index contributed by atoms with van der Waals surface area (Å²) in [4.78, 5) is 48.8. The zero-order chi connectivity index (χ0) is 22.6. The third kappa shape index (κ3) is 10.8. The Morgan fingerprint density at radius 1 is 1.17 bits per heavy atom. The summed E-state index contributed by atoms with van der Waals surface area (Å²) >= 11 is 0. The molecule has 1 aliphatic rings. The molecule has 0 spiro atoms. The zero-order valence-corrected chi connectivity index (χ0v) is 18.5. The molecule has 1 fully saturated rings. The highest BCUT2D eigenvalue weighted by Crippen LogP contribution is 2.17. The number of unbranched alkanes of at least 4 members (excludes halogenated alkanes) is 3. The number of hydrogen-bond donors (Lipinski definition) is 1. The fourth-order valence-electron chi connectivity index (χ4n) is 2.89. The minimum Gasteiger partial charge on any atom is -0.444 e. The van der Waals surface area contributed by atoms with Gasteiger partial charge in [0.25, 0.3) is 0 Å². The first-order valence-electron chi connectivity index (χ1n) is 10.4. The van der Waals surface area contributed by atoms with E-state index < -0.39 is 11.7 Å². The van der Waals surface area contributed by atoms with E-state index in [1.54, 1.807) is 16.8 Å². The summed E-state index contributed by atoms with van der Waals surface area (Å²) in [5.41, 5.74) is -0.550. The van der Waals surface area contributed by atoms with Crippen molar-refractivity contribution in [3.8, 4) is 0 Å². The van der Waals surface area contributed by atoms with Gasteiger partial charge in [0.1, 0.15) is 18.0 Å². The molecule has 0 aromatic carbocycles. The van der Waals surface area contributed by atoms with Crippen molar-refractivity contribution in [1.82, 2.24) is 15.1 Å². The normalized spacial score (nSPS) is 16.4. The Morgan fingerprint density at radius 3 is 2.53 bits per heavy atom. The summed E-state index contributed by atoms with van der Waals surface area (Å²) in [5, 5.41) is 2.73. The van der Waals surface area contributed by atoms with Gasteiger partial charge in [0, 0.05) is 39.2 Å².